The fraction of sp³-hybridized carbons (Fsp3) is 0.833. The van der Waals surface area contributed by atoms with Gasteiger partial charge >= 0.3 is 0 Å². The van der Waals surface area contributed by atoms with Crippen molar-refractivity contribution in [2.24, 2.45) is 5.92 Å². The molecule has 0 unspecified atom stereocenters. The Balaban J connectivity index is 2.38. The van der Waals surface area contributed by atoms with Crippen LogP contribution in [0.15, 0.2) is 11.6 Å². The van der Waals surface area contributed by atoms with Crippen LogP contribution in [-0.2, 0) is 4.74 Å². The highest BCUT2D eigenvalue weighted by Gasteiger charge is 2.11. The summed E-state index contributed by atoms with van der Waals surface area (Å²) < 4.78 is 5.10. The quantitative estimate of drug-likeness (QED) is 0.641. The van der Waals surface area contributed by atoms with E-state index < -0.39 is 0 Å². The first kappa shape index (κ1) is 11.7. The van der Waals surface area contributed by atoms with Crippen LogP contribution in [0.2, 0.25) is 0 Å². The molecule has 0 bridgehead atoms. The maximum Gasteiger partial charge on any atom is 0.0589 e. The molecule has 0 N–H and O–H groups in total. The summed E-state index contributed by atoms with van der Waals surface area (Å²) in [6, 6.07) is 0. The van der Waals surface area contributed by atoms with E-state index in [9.17, 15) is 0 Å². The Bertz CT molecular complexity index is 187. The Hall–Kier alpha value is -0.340. The molecule has 0 aliphatic carbocycles. The molecule has 0 atom stereocenters. The van der Waals surface area contributed by atoms with Crippen molar-refractivity contribution in [1.29, 1.82) is 0 Å². The fourth-order valence-electron chi connectivity index (χ4n) is 1.89. The standard InChI is InChI=1S/C12H23NO/c1-11(2)12-5-4-7-13(8-6-12)9-10-14-3/h6,11H,4-5,7-10H2,1-3H3. The number of hydrogen-bond donors (Lipinski definition) is 0. The average Bonchev–Trinajstić information content (AvgIpc) is 2.39. The lowest BCUT2D eigenvalue weighted by Crippen LogP contribution is -2.27. The van der Waals surface area contributed by atoms with Crippen LogP contribution in [0.4, 0.5) is 0 Å². The molecular formula is C12H23NO. The number of methoxy groups -OCH3 is 1. The van der Waals surface area contributed by atoms with Gasteiger partial charge in [-0.1, -0.05) is 25.5 Å². The summed E-state index contributed by atoms with van der Waals surface area (Å²) >= 11 is 0. The van der Waals surface area contributed by atoms with Crippen LogP contribution in [0.5, 0.6) is 0 Å². The second-order valence-electron chi connectivity index (χ2n) is 4.33. The summed E-state index contributed by atoms with van der Waals surface area (Å²) in [6.07, 6.45) is 4.99. The van der Waals surface area contributed by atoms with Gasteiger partial charge in [0.15, 0.2) is 0 Å². The molecule has 1 heterocycles. The van der Waals surface area contributed by atoms with E-state index in [-0.39, 0.29) is 0 Å². The molecule has 0 fully saturated rings. The van der Waals surface area contributed by atoms with Crippen molar-refractivity contribution in [3.8, 4) is 0 Å². The van der Waals surface area contributed by atoms with Gasteiger partial charge in [0.2, 0.25) is 0 Å². The number of allylic oxidation sites excluding steroid dienone is 1. The summed E-state index contributed by atoms with van der Waals surface area (Å²) in [7, 11) is 1.77. The van der Waals surface area contributed by atoms with Crippen LogP contribution in [0.1, 0.15) is 26.7 Å². The van der Waals surface area contributed by atoms with Gasteiger partial charge in [-0.05, 0) is 25.3 Å². The van der Waals surface area contributed by atoms with Crippen molar-refractivity contribution in [1.82, 2.24) is 4.90 Å². The molecule has 14 heavy (non-hydrogen) atoms. The van der Waals surface area contributed by atoms with E-state index in [0.717, 1.165) is 25.6 Å². The minimum Gasteiger partial charge on any atom is -0.383 e. The molecule has 0 spiro atoms. The molecule has 1 aliphatic rings. The molecule has 0 amide bonds. The van der Waals surface area contributed by atoms with Crippen molar-refractivity contribution in [2.45, 2.75) is 26.7 Å². The topological polar surface area (TPSA) is 12.5 Å². The van der Waals surface area contributed by atoms with Gasteiger partial charge in [-0.3, -0.25) is 4.90 Å². The second-order valence-corrected chi connectivity index (χ2v) is 4.33. The van der Waals surface area contributed by atoms with Crippen LogP contribution in [0.25, 0.3) is 0 Å². The molecule has 2 heteroatoms. The minimum atomic E-state index is 0.720. The Morgan fingerprint density at radius 1 is 1.50 bits per heavy atom. The molecule has 1 aliphatic heterocycles. The van der Waals surface area contributed by atoms with Crippen LogP contribution in [0, 0.1) is 5.92 Å². The Kier molecular flexibility index (Phi) is 5.20. The summed E-state index contributed by atoms with van der Waals surface area (Å²) in [5.74, 6) is 0.720. The molecular weight excluding hydrogens is 174 g/mol. The van der Waals surface area contributed by atoms with Gasteiger partial charge in [-0.2, -0.15) is 0 Å². The molecule has 0 aromatic rings. The molecule has 1 rings (SSSR count). The monoisotopic (exact) mass is 197 g/mol. The first-order valence-electron chi connectivity index (χ1n) is 5.64. The van der Waals surface area contributed by atoms with Crippen LogP contribution in [0.3, 0.4) is 0 Å². The summed E-state index contributed by atoms with van der Waals surface area (Å²) in [4.78, 5) is 2.47. The van der Waals surface area contributed by atoms with E-state index in [0.29, 0.717) is 0 Å². The van der Waals surface area contributed by atoms with E-state index in [2.05, 4.69) is 24.8 Å². The number of nitrogens with zero attached hydrogens (tertiary/aromatic N) is 1. The van der Waals surface area contributed by atoms with Gasteiger partial charge in [0, 0.05) is 20.2 Å². The first-order chi connectivity index (χ1) is 6.74. The van der Waals surface area contributed by atoms with Crippen LogP contribution < -0.4 is 0 Å². The van der Waals surface area contributed by atoms with E-state index in [4.69, 9.17) is 4.74 Å². The summed E-state index contributed by atoms with van der Waals surface area (Å²) in [6.45, 7) is 8.82. The Labute approximate surface area is 87.9 Å². The van der Waals surface area contributed by atoms with Gasteiger partial charge in [0.05, 0.1) is 6.61 Å². The van der Waals surface area contributed by atoms with Gasteiger partial charge in [0.25, 0.3) is 0 Å². The largest absolute Gasteiger partial charge is 0.383 e. The second kappa shape index (κ2) is 6.20. The number of hydrogen-bond acceptors (Lipinski definition) is 2. The van der Waals surface area contributed by atoms with Crippen molar-refractivity contribution >= 4 is 0 Å². The highest BCUT2D eigenvalue weighted by Crippen LogP contribution is 2.18. The highest BCUT2D eigenvalue weighted by atomic mass is 16.5. The third kappa shape index (κ3) is 3.81. The lowest BCUT2D eigenvalue weighted by molar-refractivity contribution is 0.155. The maximum atomic E-state index is 5.10. The van der Waals surface area contributed by atoms with Crippen LogP contribution in [-0.4, -0.2) is 38.3 Å². The minimum absolute atomic E-state index is 0.720. The molecule has 0 saturated carbocycles. The lowest BCUT2D eigenvalue weighted by atomic mass is 9.99. The Morgan fingerprint density at radius 3 is 2.93 bits per heavy atom. The normalized spacial score (nSPS) is 19.6. The highest BCUT2D eigenvalue weighted by molar-refractivity contribution is 5.07. The van der Waals surface area contributed by atoms with Crippen molar-refractivity contribution < 1.29 is 4.74 Å². The lowest BCUT2D eigenvalue weighted by Gasteiger charge is -2.17. The van der Waals surface area contributed by atoms with Gasteiger partial charge < -0.3 is 4.74 Å². The van der Waals surface area contributed by atoms with Crippen LogP contribution >= 0.6 is 0 Å². The van der Waals surface area contributed by atoms with Crippen molar-refractivity contribution in [3.63, 3.8) is 0 Å². The third-order valence-corrected chi connectivity index (χ3v) is 2.90. The molecule has 82 valence electrons. The van der Waals surface area contributed by atoms with E-state index in [1.807, 2.05) is 0 Å². The zero-order valence-corrected chi connectivity index (χ0v) is 9.75. The fourth-order valence-corrected chi connectivity index (χ4v) is 1.89. The van der Waals surface area contributed by atoms with Gasteiger partial charge in [-0.25, -0.2) is 0 Å². The number of rotatable bonds is 4. The Morgan fingerprint density at radius 2 is 2.29 bits per heavy atom. The van der Waals surface area contributed by atoms with E-state index >= 15 is 0 Å². The SMILES string of the molecule is COCCN1CC=C(C(C)C)CCC1. The smallest absolute Gasteiger partial charge is 0.0589 e. The van der Waals surface area contributed by atoms with Crippen molar-refractivity contribution in [3.05, 3.63) is 11.6 Å². The molecule has 0 saturated heterocycles. The average molecular weight is 197 g/mol. The molecule has 0 radical (unpaired) electrons. The molecule has 2 nitrogen and oxygen atoms in total. The van der Waals surface area contributed by atoms with E-state index in [1.54, 1.807) is 12.7 Å². The zero-order valence-electron chi connectivity index (χ0n) is 9.75. The summed E-state index contributed by atoms with van der Waals surface area (Å²) in [5.41, 5.74) is 1.63. The first-order valence-corrected chi connectivity index (χ1v) is 5.64. The predicted molar refractivity (Wildman–Crippen MR) is 60.5 cm³/mol. The maximum absolute atomic E-state index is 5.10. The number of ether oxygens (including phenoxy) is 1. The van der Waals surface area contributed by atoms with Gasteiger partial charge in [-0.15, -0.1) is 0 Å². The summed E-state index contributed by atoms with van der Waals surface area (Å²) in [5, 5.41) is 0. The third-order valence-electron chi connectivity index (χ3n) is 2.90. The van der Waals surface area contributed by atoms with Crippen molar-refractivity contribution in [2.75, 3.05) is 33.4 Å². The predicted octanol–water partition coefficient (Wildman–Crippen LogP) is 2.31. The zero-order chi connectivity index (χ0) is 10.4. The van der Waals surface area contributed by atoms with Gasteiger partial charge in [0.1, 0.15) is 0 Å². The molecule has 0 aromatic carbocycles. The van der Waals surface area contributed by atoms with E-state index in [1.165, 1.54) is 19.4 Å². The molecule has 0 aromatic heterocycles.